The van der Waals surface area contributed by atoms with Gasteiger partial charge in [0.1, 0.15) is 11.3 Å². The number of likely N-dealkylation sites (tertiary alicyclic amines) is 1. The number of aromatic nitrogens is 2. The maximum absolute atomic E-state index is 14.7. The van der Waals surface area contributed by atoms with Crippen LogP contribution in [0.25, 0.3) is 10.9 Å². The van der Waals surface area contributed by atoms with Crippen LogP contribution in [0.5, 0.6) is 17.2 Å². The molecule has 0 radical (unpaired) electrons. The summed E-state index contributed by atoms with van der Waals surface area (Å²) in [6.07, 6.45) is 2.53. The van der Waals surface area contributed by atoms with Crippen LogP contribution in [0.15, 0.2) is 36.5 Å². The SMILES string of the molecule is Cn1ncc2cc(C(N)=O)cc(Oc3ccc(OCCC(=O)N4CCC(O)CC4)cc3F)c21. The molecule has 2 heterocycles. The van der Waals surface area contributed by atoms with Gasteiger partial charge in [-0.2, -0.15) is 5.10 Å². The third-order valence-electron chi connectivity index (χ3n) is 5.61. The Labute approximate surface area is 189 Å². The number of rotatable bonds is 7. The lowest BCUT2D eigenvalue weighted by molar-refractivity contribution is -0.133. The maximum Gasteiger partial charge on any atom is 0.248 e. The van der Waals surface area contributed by atoms with Crippen LogP contribution < -0.4 is 15.2 Å². The second kappa shape index (κ2) is 9.45. The van der Waals surface area contributed by atoms with E-state index in [1.54, 1.807) is 35.0 Å². The van der Waals surface area contributed by atoms with E-state index in [9.17, 15) is 19.1 Å². The first-order chi connectivity index (χ1) is 15.8. The molecule has 9 nitrogen and oxygen atoms in total. The van der Waals surface area contributed by atoms with Crippen molar-refractivity contribution in [1.29, 1.82) is 0 Å². The van der Waals surface area contributed by atoms with Crippen molar-refractivity contribution in [1.82, 2.24) is 14.7 Å². The lowest BCUT2D eigenvalue weighted by atomic mass is 10.1. The van der Waals surface area contributed by atoms with Crippen LogP contribution in [0.4, 0.5) is 4.39 Å². The normalized spacial score (nSPS) is 14.5. The van der Waals surface area contributed by atoms with E-state index in [1.807, 2.05) is 0 Å². The van der Waals surface area contributed by atoms with Gasteiger partial charge in [0.15, 0.2) is 17.3 Å². The summed E-state index contributed by atoms with van der Waals surface area (Å²) in [7, 11) is 1.71. The highest BCUT2D eigenvalue weighted by atomic mass is 19.1. The molecule has 1 aliphatic rings. The van der Waals surface area contributed by atoms with Crippen LogP contribution in [0, 0.1) is 5.82 Å². The maximum atomic E-state index is 14.7. The topological polar surface area (TPSA) is 120 Å². The third-order valence-corrected chi connectivity index (χ3v) is 5.61. The molecule has 0 unspecified atom stereocenters. The number of primary amides is 1. The van der Waals surface area contributed by atoms with E-state index in [0.29, 0.717) is 36.8 Å². The zero-order valence-corrected chi connectivity index (χ0v) is 18.2. The molecule has 1 aliphatic heterocycles. The summed E-state index contributed by atoms with van der Waals surface area (Å²) in [5.74, 6) is -0.913. The number of aliphatic hydroxyl groups is 1. The number of amides is 2. The van der Waals surface area contributed by atoms with Gasteiger partial charge in [-0.3, -0.25) is 14.3 Å². The van der Waals surface area contributed by atoms with Crippen molar-refractivity contribution in [2.24, 2.45) is 12.8 Å². The highest BCUT2D eigenvalue weighted by Gasteiger charge is 2.21. The number of hydrogen-bond donors (Lipinski definition) is 2. The largest absolute Gasteiger partial charge is 0.493 e. The molecular formula is C23H25FN4O5. The minimum absolute atomic E-state index is 0.0585. The van der Waals surface area contributed by atoms with Gasteiger partial charge in [0, 0.05) is 37.2 Å². The Hall–Kier alpha value is -3.66. The molecule has 0 bridgehead atoms. The van der Waals surface area contributed by atoms with E-state index in [1.165, 1.54) is 18.2 Å². The second-order valence-electron chi connectivity index (χ2n) is 7.95. The van der Waals surface area contributed by atoms with Crippen molar-refractivity contribution in [2.75, 3.05) is 19.7 Å². The number of aliphatic hydroxyl groups excluding tert-OH is 1. The fraction of sp³-hybridized carbons (Fsp3) is 0.348. The van der Waals surface area contributed by atoms with E-state index < -0.39 is 11.7 Å². The van der Waals surface area contributed by atoms with Crippen LogP contribution >= 0.6 is 0 Å². The van der Waals surface area contributed by atoms with E-state index in [-0.39, 0.29) is 47.9 Å². The first-order valence-electron chi connectivity index (χ1n) is 10.6. The molecule has 1 saturated heterocycles. The summed E-state index contributed by atoms with van der Waals surface area (Å²) in [5.41, 5.74) is 6.20. The van der Waals surface area contributed by atoms with Crippen molar-refractivity contribution in [2.45, 2.75) is 25.4 Å². The van der Waals surface area contributed by atoms with Crippen LogP contribution in [-0.4, -0.2) is 57.4 Å². The van der Waals surface area contributed by atoms with Gasteiger partial charge in [-0.05, 0) is 37.1 Å². The molecule has 2 aromatic carbocycles. The Morgan fingerprint density at radius 2 is 1.97 bits per heavy atom. The van der Waals surface area contributed by atoms with Crippen molar-refractivity contribution < 1.29 is 28.6 Å². The summed E-state index contributed by atoms with van der Waals surface area (Å²) in [6.45, 7) is 1.16. The Balaban J connectivity index is 1.42. The molecule has 2 amide bonds. The summed E-state index contributed by atoms with van der Waals surface area (Å²) in [5, 5.41) is 14.3. The first-order valence-corrected chi connectivity index (χ1v) is 10.6. The van der Waals surface area contributed by atoms with Gasteiger partial charge in [0.05, 0.1) is 25.3 Å². The van der Waals surface area contributed by atoms with Crippen LogP contribution in [-0.2, 0) is 11.8 Å². The minimum atomic E-state index is -0.663. The Kier molecular flexibility index (Phi) is 6.45. The molecular weight excluding hydrogens is 431 g/mol. The van der Waals surface area contributed by atoms with Crippen molar-refractivity contribution in [3.63, 3.8) is 0 Å². The highest BCUT2D eigenvalue weighted by molar-refractivity contribution is 5.99. The van der Waals surface area contributed by atoms with Crippen molar-refractivity contribution in [3.05, 3.63) is 47.9 Å². The summed E-state index contributed by atoms with van der Waals surface area (Å²) in [6, 6.07) is 7.17. The number of fused-ring (bicyclic) bond motifs is 1. The number of carbonyl (C=O) groups excluding carboxylic acids is 2. The molecule has 4 rings (SSSR count). The Bertz CT molecular complexity index is 1190. The quantitative estimate of drug-likeness (QED) is 0.563. The molecule has 3 N–H and O–H groups in total. The molecule has 0 spiro atoms. The zero-order chi connectivity index (χ0) is 23.5. The fourth-order valence-electron chi connectivity index (χ4n) is 3.80. The van der Waals surface area contributed by atoms with Crippen LogP contribution in [0.3, 0.4) is 0 Å². The predicted octanol–water partition coefficient (Wildman–Crippen LogP) is 2.36. The molecule has 33 heavy (non-hydrogen) atoms. The number of nitrogens with zero attached hydrogens (tertiary/aromatic N) is 3. The van der Waals surface area contributed by atoms with Crippen LogP contribution in [0.2, 0.25) is 0 Å². The van der Waals surface area contributed by atoms with E-state index in [2.05, 4.69) is 5.10 Å². The summed E-state index contributed by atoms with van der Waals surface area (Å²) < 4.78 is 27.6. The molecule has 10 heteroatoms. The Morgan fingerprint density at radius 1 is 1.21 bits per heavy atom. The molecule has 0 aliphatic carbocycles. The molecule has 3 aromatic rings. The average Bonchev–Trinajstić information content (AvgIpc) is 3.17. The standard InChI is InChI=1S/C23H25FN4O5/c1-27-22-15(13-26-27)10-14(23(25)31)11-20(22)33-19-3-2-17(12-18(19)24)32-9-6-21(30)28-7-4-16(29)5-8-28/h2-3,10-13,16,29H,4-9H2,1H3,(H2,25,31). The van der Waals surface area contributed by atoms with E-state index in [0.717, 1.165) is 0 Å². The van der Waals surface area contributed by atoms with Gasteiger partial charge < -0.3 is 25.2 Å². The van der Waals surface area contributed by atoms with Crippen molar-refractivity contribution >= 4 is 22.7 Å². The van der Waals surface area contributed by atoms with Gasteiger partial charge in [-0.25, -0.2) is 4.39 Å². The van der Waals surface area contributed by atoms with Gasteiger partial charge in [-0.15, -0.1) is 0 Å². The lowest BCUT2D eigenvalue weighted by Crippen LogP contribution is -2.40. The molecule has 174 valence electrons. The highest BCUT2D eigenvalue weighted by Crippen LogP contribution is 2.33. The number of hydrogen-bond acceptors (Lipinski definition) is 6. The number of halogens is 1. The van der Waals surface area contributed by atoms with Gasteiger partial charge in [0.2, 0.25) is 11.8 Å². The first kappa shape index (κ1) is 22.5. The van der Waals surface area contributed by atoms with Crippen molar-refractivity contribution in [3.8, 4) is 17.2 Å². The third kappa shape index (κ3) is 5.06. The number of aryl methyl sites for hydroxylation is 1. The lowest BCUT2D eigenvalue weighted by Gasteiger charge is -2.29. The molecule has 0 atom stereocenters. The fourth-order valence-corrected chi connectivity index (χ4v) is 3.80. The monoisotopic (exact) mass is 456 g/mol. The van der Waals surface area contributed by atoms with Gasteiger partial charge in [0.25, 0.3) is 0 Å². The number of ether oxygens (including phenoxy) is 2. The zero-order valence-electron chi connectivity index (χ0n) is 18.2. The summed E-state index contributed by atoms with van der Waals surface area (Å²) in [4.78, 5) is 25.6. The smallest absolute Gasteiger partial charge is 0.248 e. The minimum Gasteiger partial charge on any atom is -0.493 e. The predicted molar refractivity (Wildman–Crippen MR) is 118 cm³/mol. The van der Waals surface area contributed by atoms with E-state index in [4.69, 9.17) is 15.2 Å². The molecule has 1 aromatic heterocycles. The number of carbonyl (C=O) groups is 2. The molecule has 0 saturated carbocycles. The Morgan fingerprint density at radius 3 is 2.67 bits per heavy atom. The second-order valence-corrected chi connectivity index (χ2v) is 7.95. The van der Waals surface area contributed by atoms with E-state index >= 15 is 0 Å². The van der Waals surface area contributed by atoms with Gasteiger partial charge in [-0.1, -0.05) is 0 Å². The average molecular weight is 456 g/mol. The summed E-state index contributed by atoms with van der Waals surface area (Å²) >= 11 is 0. The van der Waals surface area contributed by atoms with Gasteiger partial charge >= 0.3 is 0 Å². The number of nitrogens with two attached hydrogens (primary N) is 1. The van der Waals surface area contributed by atoms with Crippen LogP contribution in [0.1, 0.15) is 29.6 Å². The number of benzene rings is 2. The number of piperidine rings is 1. The molecule has 1 fully saturated rings.